The lowest BCUT2D eigenvalue weighted by molar-refractivity contribution is 1.71. The normalized spacial score (nSPS) is 10.4. The van der Waals surface area contributed by atoms with Crippen LogP contribution in [-0.2, 0) is 0 Å². The van der Waals surface area contributed by atoms with Crippen LogP contribution in [0.3, 0.4) is 0 Å². The third kappa shape index (κ3) is 1.34. The number of fused-ring (bicyclic) bond motifs is 2. The van der Waals surface area contributed by atoms with Crippen molar-refractivity contribution in [3.8, 4) is 12.3 Å². The molecule has 0 aromatic heterocycles. The fourth-order valence-electron chi connectivity index (χ4n) is 2.03. The van der Waals surface area contributed by atoms with E-state index in [4.69, 9.17) is 6.42 Å². The molecular formula is C16H10. The van der Waals surface area contributed by atoms with E-state index in [1.165, 1.54) is 21.5 Å². The zero-order valence-electron chi connectivity index (χ0n) is 8.77. The molecule has 0 saturated carbocycles. The van der Waals surface area contributed by atoms with Crippen LogP contribution in [0.15, 0.2) is 54.6 Å². The van der Waals surface area contributed by atoms with Gasteiger partial charge < -0.3 is 0 Å². The van der Waals surface area contributed by atoms with Crippen LogP contribution in [0.1, 0.15) is 5.56 Å². The van der Waals surface area contributed by atoms with Gasteiger partial charge in [-0.1, -0.05) is 36.3 Å². The van der Waals surface area contributed by atoms with E-state index in [1.54, 1.807) is 0 Å². The van der Waals surface area contributed by atoms with Crippen molar-refractivity contribution in [1.29, 1.82) is 0 Å². The monoisotopic (exact) mass is 202 g/mol. The molecule has 0 saturated heterocycles. The van der Waals surface area contributed by atoms with Gasteiger partial charge in [-0.05, 0) is 45.8 Å². The van der Waals surface area contributed by atoms with Gasteiger partial charge in [-0.15, -0.1) is 6.42 Å². The van der Waals surface area contributed by atoms with Crippen LogP contribution in [-0.4, -0.2) is 0 Å². The lowest BCUT2D eigenvalue weighted by Crippen LogP contribution is -1.78. The predicted octanol–water partition coefficient (Wildman–Crippen LogP) is 3.97. The summed E-state index contributed by atoms with van der Waals surface area (Å²) in [6, 6.07) is 18.9. The lowest BCUT2D eigenvalue weighted by atomic mass is 10.0. The van der Waals surface area contributed by atoms with E-state index < -0.39 is 0 Å². The summed E-state index contributed by atoms with van der Waals surface area (Å²) in [7, 11) is 0. The SMILES string of the molecule is C#Cc1ccc2cc3ccccc3cc2c1. The number of hydrogen-bond donors (Lipinski definition) is 0. The number of hydrogen-bond acceptors (Lipinski definition) is 0. The molecule has 0 aliphatic heterocycles. The molecule has 16 heavy (non-hydrogen) atoms. The van der Waals surface area contributed by atoms with Gasteiger partial charge >= 0.3 is 0 Å². The molecule has 74 valence electrons. The van der Waals surface area contributed by atoms with E-state index in [2.05, 4.69) is 54.5 Å². The van der Waals surface area contributed by atoms with Gasteiger partial charge in [0.2, 0.25) is 0 Å². The molecule has 0 aliphatic carbocycles. The molecular weight excluding hydrogens is 192 g/mol. The van der Waals surface area contributed by atoms with Crippen molar-refractivity contribution in [2.45, 2.75) is 0 Å². The molecule has 3 aromatic rings. The van der Waals surface area contributed by atoms with Crippen molar-refractivity contribution < 1.29 is 0 Å². The van der Waals surface area contributed by atoms with Crippen LogP contribution in [0.5, 0.6) is 0 Å². The zero-order chi connectivity index (χ0) is 11.0. The minimum atomic E-state index is 0.933. The van der Waals surface area contributed by atoms with E-state index in [1.807, 2.05) is 6.07 Å². The summed E-state index contributed by atoms with van der Waals surface area (Å²) in [5.74, 6) is 2.67. The molecule has 3 rings (SSSR count). The molecule has 0 amide bonds. The van der Waals surface area contributed by atoms with Crippen LogP contribution >= 0.6 is 0 Å². The first-order valence-corrected chi connectivity index (χ1v) is 5.26. The zero-order valence-corrected chi connectivity index (χ0v) is 8.77. The second-order valence-electron chi connectivity index (χ2n) is 3.91. The van der Waals surface area contributed by atoms with Crippen LogP contribution in [0.25, 0.3) is 21.5 Å². The second-order valence-corrected chi connectivity index (χ2v) is 3.91. The summed E-state index contributed by atoms with van der Waals surface area (Å²) in [5.41, 5.74) is 0.933. The molecule has 0 N–H and O–H groups in total. The van der Waals surface area contributed by atoms with Crippen LogP contribution < -0.4 is 0 Å². The fourth-order valence-corrected chi connectivity index (χ4v) is 2.03. The Bertz CT molecular complexity index is 715. The summed E-state index contributed by atoms with van der Waals surface area (Å²) < 4.78 is 0. The lowest BCUT2D eigenvalue weighted by Gasteiger charge is -2.02. The predicted molar refractivity (Wildman–Crippen MR) is 69.4 cm³/mol. The van der Waals surface area contributed by atoms with Crippen molar-refractivity contribution in [1.82, 2.24) is 0 Å². The highest BCUT2D eigenvalue weighted by Gasteiger charge is 1.97. The van der Waals surface area contributed by atoms with Crippen molar-refractivity contribution >= 4 is 21.5 Å². The largest absolute Gasteiger partial charge is 0.115 e. The van der Waals surface area contributed by atoms with Gasteiger partial charge in [0, 0.05) is 5.56 Å². The molecule has 0 nitrogen and oxygen atoms in total. The highest BCUT2D eigenvalue weighted by atomic mass is 14.0. The van der Waals surface area contributed by atoms with Gasteiger partial charge in [-0.2, -0.15) is 0 Å². The fraction of sp³-hybridized carbons (Fsp3) is 0. The van der Waals surface area contributed by atoms with Gasteiger partial charge in [0.15, 0.2) is 0 Å². The average Bonchev–Trinajstić information content (AvgIpc) is 2.35. The van der Waals surface area contributed by atoms with Gasteiger partial charge in [-0.25, -0.2) is 0 Å². The van der Waals surface area contributed by atoms with E-state index in [0.717, 1.165) is 5.56 Å². The molecule has 0 fully saturated rings. The quantitative estimate of drug-likeness (QED) is 0.382. The van der Waals surface area contributed by atoms with Crippen LogP contribution in [0, 0.1) is 12.3 Å². The molecule has 0 radical (unpaired) electrons. The van der Waals surface area contributed by atoms with Gasteiger partial charge in [0.05, 0.1) is 0 Å². The Balaban J connectivity index is 2.43. The Morgan fingerprint density at radius 2 is 1.31 bits per heavy atom. The first-order chi connectivity index (χ1) is 7.86. The number of benzene rings is 3. The van der Waals surface area contributed by atoms with Crippen molar-refractivity contribution in [3.63, 3.8) is 0 Å². The summed E-state index contributed by atoms with van der Waals surface area (Å²) in [4.78, 5) is 0. The standard InChI is InChI=1S/C16H10/c1-2-12-7-8-15-10-13-5-3-4-6-14(13)11-16(15)9-12/h1,3-11H. The maximum absolute atomic E-state index is 5.40. The highest BCUT2D eigenvalue weighted by molar-refractivity contribution is 5.98. The summed E-state index contributed by atoms with van der Waals surface area (Å²) in [6.07, 6.45) is 5.40. The third-order valence-corrected chi connectivity index (χ3v) is 2.87. The Kier molecular flexibility index (Phi) is 1.91. The maximum atomic E-state index is 5.40. The molecule has 0 aliphatic rings. The maximum Gasteiger partial charge on any atom is 0.0248 e. The van der Waals surface area contributed by atoms with E-state index in [0.29, 0.717) is 0 Å². The van der Waals surface area contributed by atoms with Gasteiger partial charge in [0.25, 0.3) is 0 Å². The molecule has 0 spiro atoms. The Hall–Kier alpha value is -2.26. The first kappa shape index (κ1) is 9.00. The smallest absolute Gasteiger partial charge is 0.0248 e. The molecule has 0 heteroatoms. The molecule has 0 heterocycles. The third-order valence-electron chi connectivity index (χ3n) is 2.87. The summed E-state index contributed by atoms with van der Waals surface area (Å²) in [6.45, 7) is 0. The first-order valence-electron chi connectivity index (χ1n) is 5.26. The Labute approximate surface area is 94.5 Å². The Morgan fingerprint density at radius 3 is 2.00 bits per heavy atom. The minimum absolute atomic E-state index is 0.933. The van der Waals surface area contributed by atoms with Crippen molar-refractivity contribution in [3.05, 3.63) is 60.2 Å². The number of rotatable bonds is 0. The molecule has 0 atom stereocenters. The second kappa shape index (κ2) is 3.40. The van der Waals surface area contributed by atoms with Crippen molar-refractivity contribution in [2.24, 2.45) is 0 Å². The number of terminal acetylenes is 1. The topological polar surface area (TPSA) is 0 Å². The van der Waals surface area contributed by atoms with E-state index in [-0.39, 0.29) is 0 Å². The average molecular weight is 202 g/mol. The summed E-state index contributed by atoms with van der Waals surface area (Å²) in [5, 5.41) is 4.96. The van der Waals surface area contributed by atoms with Gasteiger partial charge in [-0.3, -0.25) is 0 Å². The molecule has 0 unspecified atom stereocenters. The minimum Gasteiger partial charge on any atom is -0.115 e. The molecule has 3 aromatic carbocycles. The Morgan fingerprint density at radius 1 is 0.688 bits per heavy atom. The van der Waals surface area contributed by atoms with Gasteiger partial charge in [0.1, 0.15) is 0 Å². The van der Waals surface area contributed by atoms with E-state index >= 15 is 0 Å². The van der Waals surface area contributed by atoms with E-state index in [9.17, 15) is 0 Å². The molecule has 0 bridgehead atoms. The summed E-state index contributed by atoms with van der Waals surface area (Å²) >= 11 is 0. The van der Waals surface area contributed by atoms with Crippen molar-refractivity contribution in [2.75, 3.05) is 0 Å². The van der Waals surface area contributed by atoms with Crippen LogP contribution in [0.4, 0.5) is 0 Å². The highest BCUT2D eigenvalue weighted by Crippen LogP contribution is 2.23. The van der Waals surface area contributed by atoms with Crippen LogP contribution in [0.2, 0.25) is 0 Å².